The molecule has 0 saturated heterocycles. The molecule has 1 amide bonds. The predicted molar refractivity (Wildman–Crippen MR) is 169 cm³/mol. The normalized spacial score (nSPS) is 13.6. The summed E-state index contributed by atoms with van der Waals surface area (Å²) >= 11 is 0. The van der Waals surface area contributed by atoms with E-state index in [0.717, 1.165) is 28.5 Å². The average Bonchev–Trinajstić information content (AvgIpc) is 3.08. The molecule has 0 aliphatic carbocycles. The first-order valence-electron chi connectivity index (χ1n) is 14.5. The Morgan fingerprint density at radius 1 is 0.644 bits per heavy atom. The lowest BCUT2D eigenvalue weighted by Crippen LogP contribution is -2.47. The van der Waals surface area contributed by atoms with Gasteiger partial charge in [0.1, 0.15) is 24.9 Å². The minimum atomic E-state index is -2.88. The Labute approximate surface area is 264 Å². The molecule has 45 heavy (non-hydrogen) atoms. The van der Waals surface area contributed by atoms with E-state index in [1.54, 1.807) is 0 Å². The number of carbonyl (C=O) groups excluding carboxylic acids is 1. The van der Waals surface area contributed by atoms with Crippen molar-refractivity contribution in [3.63, 3.8) is 0 Å². The van der Waals surface area contributed by atoms with Gasteiger partial charge in [0, 0.05) is 4.57 Å². The minimum Gasteiger partial charge on any atom is -0.369 e. The Bertz CT molecular complexity index is 1430. The predicted octanol–water partition coefficient (Wildman–Crippen LogP) is 6.51. The minimum absolute atomic E-state index is 0.00319. The van der Waals surface area contributed by atoms with Gasteiger partial charge in [0.05, 0.1) is 26.4 Å². The van der Waals surface area contributed by atoms with Crippen LogP contribution in [0.3, 0.4) is 0 Å². The summed E-state index contributed by atoms with van der Waals surface area (Å²) in [7, 11) is -2.88. The topological polar surface area (TPSA) is 104 Å². The summed E-state index contributed by atoms with van der Waals surface area (Å²) in [5, 5.41) is 1.18. The van der Waals surface area contributed by atoms with Crippen LogP contribution < -0.4 is 0 Å². The first kappa shape index (κ1) is 33.7. The van der Waals surface area contributed by atoms with Crippen molar-refractivity contribution in [1.82, 2.24) is 5.06 Å². The molecule has 0 bridgehead atoms. The monoisotopic (exact) mass is 630 g/mol. The second-order valence-electron chi connectivity index (χ2n) is 9.99. The van der Waals surface area contributed by atoms with E-state index < -0.39 is 26.6 Å². The number of rotatable bonds is 20. The molecule has 4 atom stereocenters. The van der Waals surface area contributed by atoms with Crippen molar-refractivity contribution in [3.8, 4) is 0 Å². The molecule has 234 valence electrons. The number of hydroxylamine groups is 2. The second kappa shape index (κ2) is 19.2. The van der Waals surface area contributed by atoms with Gasteiger partial charge >= 0.3 is 8.25 Å². The molecule has 0 spiro atoms. The van der Waals surface area contributed by atoms with Gasteiger partial charge in [-0.3, -0.25) is 9.63 Å². The molecule has 0 aliphatic heterocycles. The van der Waals surface area contributed by atoms with Gasteiger partial charge in [-0.05, 0) is 28.3 Å². The van der Waals surface area contributed by atoms with E-state index in [4.69, 9.17) is 23.6 Å². The molecule has 0 radical (unpaired) electrons. The average molecular weight is 631 g/mol. The van der Waals surface area contributed by atoms with E-state index in [-0.39, 0.29) is 33.0 Å². The lowest BCUT2D eigenvalue weighted by atomic mass is 10.1. The molecular weight excluding hydrogens is 593 g/mol. The molecule has 1 unspecified atom stereocenters. The summed E-state index contributed by atoms with van der Waals surface area (Å²) in [6.07, 6.45) is 0.806. The van der Waals surface area contributed by atoms with E-state index >= 15 is 0 Å². The van der Waals surface area contributed by atoms with Crippen molar-refractivity contribution in [1.29, 1.82) is 0 Å². The largest absolute Gasteiger partial charge is 0.746 e. The van der Waals surface area contributed by atoms with Crippen LogP contribution in [0.2, 0.25) is 0 Å². The SMILES string of the molecule is O=CN(C[C@@H](OCc1ccccc1)[C@@H](OCc1ccccc1)[C@@H](/C=C/O[P+](=O)O)OCc1ccccc1)OCc1ccccc1. The summed E-state index contributed by atoms with van der Waals surface area (Å²) in [5.41, 5.74) is 3.64. The Morgan fingerprint density at radius 2 is 1.09 bits per heavy atom. The van der Waals surface area contributed by atoms with E-state index in [0.29, 0.717) is 6.41 Å². The zero-order valence-electron chi connectivity index (χ0n) is 24.7. The standard InChI is InChI=1S/C35H36NO8P/c37-28-36(43-27-32-19-11-4-12-20-32)23-34(41-25-30-15-7-2-8-16-30)35(42-26-31-17-9-3-10-18-31)33(21-22-44-45(38)39)40-24-29-13-5-1-6-14-29/h1-22,28,33-35H,23-27H2/p+1/b22-21+/t33-,34-,35+/m1/s1. The molecular formula is C35H37NO8P+. The summed E-state index contributed by atoms with van der Waals surface area (Å²) < 4.78 is 35.5. The third-order valence-electron chi connectivity index (χ3n) is 6.70. The summed E-state index contributed by atoms with van der Waals surface area (Å²) in [4.78, 5) is 27.4. The maximum Gasteiger partial charge on any atom is 0.746 e. The number of carbonyl (C=O) groups is 1. The van der Waals surface area contributed by atoms with Gasteiger partial charge in [-0.2, -0.15) is 0 Å². The van der Waals surface area contributed by atoms with Crippen molar-refractivity contribution in [2.45, 2.75) is 44.7 Å². The van der Waals surface area contributed by atoms with Crippen molar-refractivity contribution in [3.05, 3.63) is 156 Å². The molecule has 0 aromatic heterocycles. The summed E-state index contributed by atoms with van der Waals surface area (Å²) in [5.74, 6) is 0. The number of benzene rings is 4. The number of amides is 1. The van der Waals surface area contributed by atoms with Crippen molar-refractivity contribution < 1.29 is 37.8 Å². The highest BCUT2D eigenvalue weighted by atomic mass is 31.1. The molecule has 0 aliphatic rings. The van der Waals surface area contributed by atoms with Crippen molar-refractivity contribution >= 4 is 14.7 Å². The molecule has 10 heteroatoms. The molecule has 4 rings (SSSR count). The van der Waals surface area contributed by atoms with Gasteiger partial charge in [-0.25, -0.2) is 9.59 Å². The highest BCUT2D eigenvalue weighted by molar-refractivity contribution is 7.32. The second-order valence-corrected chi connectivity index (χ2v) is 10.7. The molecule has 4 aromatic carbocycles. The number of hydrogen-bond donors (Lipinski definition) is 1. The first-order valence-corrected chi connectivity index (χ1v) is 15.6. The van der Waals surface area contributed by atoms with Gasteiger partial charge in [0.15, 0.2) is 6.26 Å². The molecule has 0 fully saturated rings. The van der Waals surface area contributed by atoms with Crippen LogP contribution in [0.1, 0.15) is 22.3 Å². The lowest BCUT2D eigenvalue weighted by molar-refractivity contribution is -0.205. The fraction of sp³-hybridized carbons (Fsp3) is 0.229. The highest BCUT2D eigenvalue weighted by Crippen LogP contribution is 2.22. The zero-order chi connectivity index (χ0) is 31.5. The lowest BCUT2D eigenvalue weighted by Gasteiger charge is -2.34. The van der Waals surface area contributed by atoms with Gasteiger partial charge < -0.3 is 14.2 Å². The maximum atomic E-state index is 12.2. The summed E-state index contributed by atoms with van der Waals surface area (Å²) in [6.45, 7) is 0.801. The van der Waals surface area contributed by atoms with Crippen molar-refractivity contribution in [2.75, 3.05) is 6.54 Å². The number of ether oxygens (including phenoxy) is 3. The Hall–Kier alpha value is -4.21. The Kier molecular flexibility index (Phi) is 14.4. The number of nitrogens with zero attached hydrogens (tertiary/aromatic N) is 1. The Morgan fingerprint density at radius 3 is 1.56 bits per heavy atom. The van der Waals surface area contributed by atoms with Gasteiger partial charge in [-0.15, -0.1) is 4.89 Å². The van der Waals surface area contributed by atoms with Crippen LogP contribution in [0.4, 0.5) is 0 Å². The fourth-order valence-corrected chi connectivity index (χ4v) is 4.61. The van der Waals surface area contributed by atoms with Crippen LogP contribution in [0.25, 0.3) is 0 Å². The number of hydrogen-bond acceptors (Lipinski definition) is 7. The molecule has 0 heterocycles. The van der Waals surface area contributed by atoms with Crippen LogP contribution in [0, 0.1) is 0 Å². The fourth-order valence-electron chi connectivity index (χ4n) is 4.44. The maximum absolute atomic E-state index is 12.2. The Balaban J connectivity index is 1.64. The quantitative estimate of drug-likeness (QED) is 0.0510. The highest BCUT2D eigenvalue weighted by Gasteiger charge is 2.33. The molecule has 4 aromatic rings. The zero-order valence-corrected chi connectivity index (χ0v) is 25.6. The van der Waals surface area contributed by atoms with Gasteiger partial charge in [-0.1, -0.05) is 121 Å². The van der Waals surface area contributed by atoms with E-state index in [1.807, 2.05) is 121 Å². The van der Waals surface area contributed by atoms with E-state index in [9.17, 15) is 14.3 Å². The van der Waals surface area contributed by atoms with Gasteiger partial charge in [0.2, 0.25) is 6.41 Å². The van der Waals surface area contributed by atoms with Crippen LogP contribution in [0.15, 0.2) is 134 Å². The van der Waals surface area contributed by atoms with Crippen LogP contribution in [-0.2, 0) is 59.4 Å². The molecule has 1 N–H and O–H groups in total. The van der Waals surface area contributed by atoms with E-state index in [2.05, 4.69) is 0 Å². The molecule has 9 nitrogen and oxygen atoms in total. The van der Waals surface area contributed by atoms with Crippen LogP contribution in [-0.4, -0.2) is 41.2 Å². The van der Waals surface area contributed by atoms with Gasteiger partial charge in [0.25, 0.3) is 0 Å². The van der Waals surface area contributed by atoms with E-state index in [1.165, 1.54) is 11.1 Å². The third-order valence-corrected chi connectivity index (χ3v) is 7.01. The smallest absolute Gasteiger partial charge is 0.369 e. The van der Waals surface area contributed by atoms with Crippen LogP contribution >= 0.6 is 8.25 Å². The van der Waals surface area contributed by atoms with Crippen LogP contribution in [0.5, 0.6) is 0 Å². The first-order chi connectivity index (χ1) is 22.1. The summed E-state index contributed by atoms with van der Waals surface area (Å²) in [6, 6.07) is 38.3. The third kappa shape index (κ3) is 12.4. The molecule has 0 saturated carbocycles. The van der Waals surface area contributed by atoms with Crippen molar-refractivity contribution in [2.24, 2.45) is 0 Å².